The second kappa shape index (κ2) is 9.16. The third-order valence-corrected chi connectivity index (χ3v) is 7.40. The maximum absolute atomic E-state index is 13.1. The maximum Gasteiger partial charge on any atom is 0.252 e. The van der Waals surface area contributed by atoms with Crippen molar-refractivity contribution in [3.05, 3.63) is 59.2 Å². The molecule has 1 heterocycles. The quantitative estimate of drug-likeness (QED) is 0.760. The number of methoxy groups -OCH3 is 1. The largest absolute Gasteiger partial charge is 0.496 e. The molecule has 1 fully saturated rings. The summed E-state index contributed by atoms with van der Waals surface area (Å²) in [5.74, 6) is 0.370. The summed E-state index contributed by atoms with van der Waals surface area (Å²) in [5.41, 5.74) is 1.93. The van der Waals surface area contributed by atoms with E-state index in [-0.39, 0.29) is 16.8 Å². The number of nitrogens with one attached hydrogen (secondary N) is 1. The van der Waals surface area contributed by atoms with Gasteiger partial charge in [-0.1, -0.05) is 24.3 Å². The molecule has 3 rings (SSSR count). The number of hydrogen-bond donors (Lipinski definition) is 1. The molecule has 1 aliphatic heterocycles. The highest BCUT2D eigenvalue weighted by atomic mass is 32.2. The van der Waals surface area contributed by atoms with Crippen molar-refractivity contribution < 1.29 is 17.9 Å². The minimum absolute atomic E-state index is 0.146. The summed E-state index contributed by atoms with van der Waals surface area (Å²) in [6.07, 6.45) is 0. The van der Waals surface area contributed by atoms with E-state index in [1.807, 2.05) is 38.2 Å². The lowest BCUT2D eigenvalue weighted by atomic mass is 10.0. The lowest BCUT2D eigenvalue weighted by Crippen LogP contribution is -2.47. The summed E-state index contributed by atoms with van der Waals surface area (Å²) in [6, 6.07) is 11.9. The van der Waals surface area contributed by atoms with E-state index in [9.17, 15) is 13.2 Å². The summed E-state index contributed by atoms with van der Waals surface area (Å²) < 4.78 is 33.0. The SMILES string of the molecule is COc1ccccc1[C@@H](C)NC(=O)c1cc(S(=O)(=O)N2CCN(C)CC2)ccc1C. The number of benzene rings is 2. The Morgan fingerprint density at radius 2 is 1.77 bits per heavy atom. The average Bonchev–Trinajstić information content (AvgIpc) is 2.74. The molecule has 0 radical (unpaired) electrons. The van der Waals surface area contributed by atoms with E-state index < -0.39 is 10.0 Å². The van der Waals surface area contributed by atoms with Crippen LogP contribution < -0.4 is 10.1 Å². The van der Waals surface area contributed by atoms with Crippen molar-refractivity contribution in [1.29, 1.82) is 0 Å². The van der Waals surface area contributed by atoms with Gasteiger partial charge in [0.15, 0.2) is 0 Å². The predicted molar refractivity (Wildman–Crippen MR) is 116 cm³/mol. The second-order valence-corrected chi connectivity index (χ2v) is 9.56. The number of likely N-dealkylation sites (N-methyl/N-ethyl adjacent to an activating group) is 1. The van der Waals surface area contributed by atoms with Gasteiger partial charge >= 0.3 is 0 Å². The van der Waals surface area contributed by atoms with Gasteiger partial charge in [0, 0.05) is 37.3 Å². The van der Waals surface area contributed by atoms with Gasteiger partial charge in [0.25, 0.3) is 5.91 Å². The molecular weight excluding hydrogens is 402 g/mol. The summed E-state index contributed by atoms with van der Waals surface area (Å²) in [6.45, 7) is 5.94. The van der Waals surface area contributed by atoms with E-state index >= 15 is 0 Å². The first kappa shape index (κ1) is 22.3. The van der Waals surface area contributed by atoms with Crippen LogP contribution in [-0.4, -0.2) is 63.9 Å². The summed E-state index contributed by atoms with van der Waals surface area (Å²) in [5, 5.41) is 2.96. The van der Waals surface area contributed by atoms with Crippen LogP contribution in [0.3, 0.4) is 0 Å². The average molecular weight is 432 g/mol. The van der Waals surface area contributed by atoms with E-state index in [2.05, 4.69) is 10.2 Å². The van der Waals surface area contributed by atoms with Crippen LogP contribution in [-0.2, 0) is 10.0 Å². The molecule has 1 aliphatic rings. The molecule has 162 valence electrons. The lowest BCUT2D eigenvalue weighted by molar-refractivity contribution is 0.0938. The standard InChI is InChI=1S/C22H29N3O4S/c1-16-9-10-18(30(27,28)25-13-11-24(3)12-14-25)15-20(16)22(26)23-17(2)19-7-5-6-8-21(19)29-4/h5-10,15,17H,11-14H2,1-4H3,(H,23,26)/t17-/m1/s1. The smallest absolute Gasteiger partial charge is 0.252 e. The van der Waals surface area contributed by atoms with Gasteiger partial charge in [0.1, 0.15) is 5.75 Å². The molecule has 8 heteroatoms. The van der Waals surface area contributed by atoms with Gasteiger partial charge in [-0.15, -0.1) is 0 Å². The van der Waals surface area contributed by atoms with Gasteiger partial charge in [-0.2, -0.15) is 4.31 Å². The van der Waals surface area contributed by atoms with Gasteiger partial charge in [0.2, 0.25) is 10.0 Å². The Morgan fingerprint density at radius 1 is 1.10 bits per heavy atom. The third-order valence-electron chi connectivity index (χ3n) is 5.51. The Labute approximate surface area is 178 Å². The predicted octanol–water partition coefficient (Wildman–Crippen LogP) is 2.43. The number of nitrogens with zero attached hydrogens (tertiary/aromatic N) is 2. The molecule has 30 heavy (non-hydrogen) atoms. The Hall–Kier alpha value is -2.42. The lowest BCUT2D eigenvalue weighted by Gasteiger charge is -2.31. The van der Waals surface area contributed by atoms with Crippen molar-refractivity contribution in [3.8, 4) is 5.75 Å². The molecule has 1 N–H and O–H groups in total. The topological polar surface area (TPSA) is 78.9 Å². The molecular formula is C22H29N3O4S. The zero-order valence-corrected chi connectivity index (χ0v) is 18.7. The van der Waals surface area contributed by atoms with Crippen molar-refractivity contribution in [2.45, 2.75) is 24.8 Å². The van der Waals surface area contributed by atoms with E-state index in [1.54, 1.807) is 26.2 Å². The molecule has 7 nitrogen and oxygen atoms in total. The Morgan fingerprint density at radius 3 is 2.43 bits per heavy atom. The first-order valence-electron chi connectivity index (χ1n) is 9.97. The van der Waals surface area contributed by atoms with Crippen molar-refractivity contribution in [2.24, 2.45) is 0 Å². The van der Waals surface area contributed by atoms with E-state index in [0.717, 1.165) is 11.1 Å². The molecule has 1 amide bonds. The molecule has 1 atom stereocenters. The van der Waals surface area contributed by atoms with Gasteiger partial charge in [-0.25, -0.2) is 8.42 Å². The van der Waals surface area contributed by atoms with Crippen molar-refractivity contribution in [2.75, 3.05) is 40.3 Å². The molecule has 0 saturated carbocycles. The fourth-order valence-corrected chi connectivity index (χ4v) is 5.01. The normalized spacial score (nSPS) is 16.8. The summed E-state index contributed by atoms with van der Waals surface area (Å²) >= 11 is 0. The van der Waals surface area contributed by atoms with E-state index in [1.165, 1.54) is 10.4 Å². The number of piperazine rings is 1. The fraction of sp³-hybridized carbons (Fsp3) is 0.409. The first-order valence-corrected chi connectivity index (χ1v) is 11.4. The fourth-order valence-electron chi connectivity index (χ4n) is 3.56. The highest BCUT2D eigenvalue weighted by Gasteiger charge is 2.28. The zero-order valence-electron chi connectivity index (χ0n) is 17.9. The van der Waals surface area contributed by atoms with Crippen molar-refractivity contribution in [3.63, 3.8) is 0 Å². The number of rotatable bonds is 6. The molecule has 2 aromatic rings. The van der Waals surface area contributed by atoms with Crippen LogP contribution in [0.1, 0.15) is 34.5 Å². The van der Waals surface area contributed by atoms with Crippen LogP contribution in [0.4, 0.5) is 0 Å². The molecule has 0 bridgehead atoms. The van der Waals surface area contributed by atoms with Gasteiger partial charge in [-0.3, -0.25) is 4.79 Å². The minimum atomic E-state index is -3.64. The molecule has 1 saturated heterocycles. The Kier molecular flexibility index (Phi) is 6.80. The highest BCUT2D eigenvalue weighted by molar-refractivity contribution is 7.89. The molecule has 0 spiro atoms. The van der Waals surface area contributed by atoms with Crippen molar-refractivity contribution >= 4 is 15.9 Å². The number of sulfonamides is 1. The number of aryl methyl sites for hydroxylation is 1. The van der Waals surface area contributed by atoms with Gasteiger partial charge in [-0.05, 0) is 44.7 Å². The Bertz CT molecular complexity index is 1010. The molecule has 0 aromatic heterocycles. The van der Waals surface area contributed by atoms with E-state index in [4.69, 9.17) is 4.74 Å². The number of amides is 1. The Balaban J connectivity index is 1.83. The third kappa shape index (κ3) is 4.66. The molecule has 2 aromatic carbocycles. The summed E-state index contributed by atoms with van der Waals surface area (Å²) in [4.78, 5) is 15.2. The van der Waals surface area contributed by atoms with Crippen LogP contribution in [0.5, 0.6) is 5.75 Å². The van der Waals surface area contributed by atoms with Crippen LogP contribution in [0.15, 0.2) is 47.4 Å². The maximum atomic E-state index is 13.1. The number of para-hydroxylation sites is 1. The van der Waals surface area contributed by atoms with Gasteiger partial charge in [0.05, 0.1) is 18.0 Å². The monoisotopic (exact) mass is 431 g/mol. The summed E-state index contributed by atoms with van der Waals surface area (Å²) in [7, 11) is -0.0820. The molecule has 0 unspecified atom stereocenters. The minimum Gasteiger partial charge on any atom is -0.496 e. The highest BCUT2D eigenvalue weighted by Crippen LogP contribution is 2.26. The number of hydrogen-bond acceptors (Lipinski definition) is 5. The van der Waals surface area contributed by atoms with Crippen LogP contribution >= 0.6 is 0 Å². The number of carbonyl (C=O) groups excluding carboxylic acids is 1. The van der Waals surface area contributed by atoms with Gasteiger partial charge < -0.3 is 15.0 Å². The molecule has 0 aliphatic carbocycles. The van der Waals surface area contributed by atoms with Crippen molar-refractivity contribution in [1.82, 2.24) is 14.5 Å². The van der Waals surface area contributed by atoms with E-state index in [0.29, 0.717) is 37.5 Å². The number of ether oxygens (including phenoxy) is 1. The van der Waals surface area contributed by atoms with Crippen LogP contribution in [0.2, 0.25) is 0 Å². The van der Waals surface area contributed by atoms with Crippen LogP contribution in [0, 0.1) is 6.92 Å². The number of carbonyl (C=O) groups is 1. The van der Waals surface area contributed by atoms with Crippen LogP contribution in [0.25, 0.3) is 0 Å². The second-order valence-electron chi connectivity index (χ2n) is 7.62. The first-order chi connectivity index (χ1) is 14.2. The zero-order chi connectivity index (χ0) is 21.9.